The molecular weight excluding hydrogens is 592 g/mol. The smallest absolute Gasteiger partial charge is 0.162 e. The number of rotatable bonds is 36. The van der Waals surface area contributed by atoms with Gasteiger partial charge in [-0.3, -0.25) is 0 Å². The molecular formula is C40H78O7. The maximum Gasteiger partial charge on any atom is 0.162 e. The Hall–Kier alpha value is -1.44. The molecule has 7 nitrogen and oxygen atoms in total. The monoisotopic (exact) mass is 671 g/mol. The van der Waals surface area contributed by atoms with Crippen LogP contribution in [-0.4, -0.2) is 52.2 Å². The fourth-order valence-corrected chi connectivity index (χ4v) is 5.71. The van der Waals surface area contributed by atoms with Crippen molar-refractivity contribution in [2.45, 2.75) is 196 Å². The second-order valence-electron chi connectivity index (χ2n) is 12.4. The van der Waals surface area contributed by atoms with Crippen LogP contribution in [0.1, 0.15) is 184 Å². The average Bonchev–Trinajstić information content (AvgIpc) is 3.07. The van der Waals surface area contributed by atoms with Gasteiger partial charge in [0.1, 0.15) is 23.7 Å². The van der Waals surface area contributed by atoms with E-state index < -0.39 is 0 Å². The third kappa shape index (κ3) is 23.5. The second-order valence-corrected chi connectivity index (χ2v) is 12.4. The molecule has 0 bridgehead atoms. The first-order valence-electron chi connectivity index (χ1n) is 19.9. The highest BCUT2D eigenvalue weighted by Crippen LogP contribution is 2.27. The number of hydrogen-bond acceptors (Lipinski definition) is 7. The molecule has 0 spiro atoms. The topological polar surface area (TPSA) is 64.6 Å². The molecule has 0 saturated heterocycles. The summed E-state index contributed by atoms with van der Waals surface area (Å²) in [5.41, 5.74) is 0. The maximum atomic E-state index is 6.43. The van der Waals surface area contributed by atoms with Crippen molar-refractivity contribution in [3.8, 4) is 0 Å². The van der Waals surface area contributed by atoms with Crippen LogP contribution in [0.15, 0.2) is 23.0 Å². The normalized spacial score (nSPS) is 14.0. The highest BCUT2D eigenvalue weighted by molar-refractivity contribution is 5.09. The Morgan fingerprint density at radius 1 is 0.383 bits per heavy atom. The van der Waals surface area contributed by atoms with E-state index in [-0.39, 0.29) is 25.8 Å². The molecule has 0 aromatic rings. The summed E-state index contributed by atoms with van der Waals surface area (Å²) in [6.07, 6.45) is 21.9. The first-order chi connectivity index (χ1) is 23.1. The Kier molecular flexibility index (Phi) is 33.4. The van der Waals surface area contributed by atoms with Crippen molar-refractivity contribution in [3.05, 3.63) is 23.0 Å². The lowest BCUT2D eigenvalue weighted by Crippen LogP contribution is -2.25. The average molecular weight is 671 g/mol. The summed E-state index contributed by atoms with van der Waals surface area (Å²) in [5, 5.41) is 0. The minimum atomic E-state index is -0.212. The quantitative estimate of drug-likeness (QED) is 0.0373. The van der Waals surface area contributed by atoms with Crippen molar-refractivity contribution in [1.29, 1.82) is 0 Å². The zero-order chi connectivity index (χ0) is 34.8. The van der Waals surface area contributed by atoms with Crippen LogP contribution >= 0.6 is 0 Å². The molecule has 0 rings (SSSR count). The largest absolute Gasteiger partial charge is 0.495 e. The summed E-state index contributed by atoms with van der Waals surface area (Å²) in [6.45, 7) is 19.7. The van der Waals surface area contributed by atoms with E-state index in [0.717, 1.165) is 74.4 Å². The summed E-state index contributed by atoms with van der Waals surface area (Å²) < 4.78 is 43.7. The Morgan fingerprint density at radius 3 is 1.06 bits per heavy atom. The lowest BCUT2D eigenvalue weighted by molar-refractivity contribution is -0.167. The SMILES string of the molecule is CCCCCCCC(OCOCOC(CCCCCCC)C(OCC)=C(CCCCC)OCC)C(OCC)=C(CCCCC)OCC. The summed E-state index contributed by atoms with van der Waals surface area (Å²) in [6, 6.07) is 0. The van der Waals surface area contributed by atoms with Crippen molar-refractivity contribution in [3.63, 3.8) is 0 Å². The molecule has 0 amide bonds. The minimum Gasteiger partial charge on any atom is -0.495 e. The highest BCUT2D eigenvalue weighted by atomic mass is 16.7. The van der Waals surface area contributed by atoms with Gasteiger partial charge in [0.05, 0.1) is 26.4 Å². The van der Waals surface area contributed by atoms with Crippen molar-refractivity contribution >= 4 is 0 Å². The molecule has 0 aliphatic rings. The van der Waals surface area contributed by atoms with E-state index in [2.05, 4.69) is 27.7 Å². The molecule has 0 radical (unpaired) electrons. The number of hydrogen-bond donors (Lipinski definition) is 0. The Balaban J connectivity index is 5.80. The van der Waals surface area contributed by atoms with Crippen LogP contribution in [-0.2, 0) is 33.2 Å². The van der Waals surface area contributed by atoms with Gasteiger partial charge in [0, 0.05) is 12.8 Å². The molecule has 0 aromatic heterocycles. The number of unbranched alkanes of at least 4 members (excludes halogenated alkanes) is 12. The van der Waals surface area contributed by atoms with Gasteiger partial charge in [-0.1, -0.05) is 118 Å². The second kappa shape index (κ2) is 34.4. The lowest BCUT2D eigenvalue weighted by Gasteiger charge is -2.26. The van der Waals surface area contributed by atoms with Crippen molar-refractivity contribution < 1.29 is 33.2 Å². The van der Waals surface area contributed by atoms with Crippen LogP contribution in [0.2, 0.25) is 0 Å². The van der Waals surface area contributed by atoms with E-state index in [0.29, 0.717) is 26.4 Å². The summed E-state index contributed by atoms with van der Waals surface area (Å²) >= 11 is 0. The fourth-order valence-electron chi connectivity index (χ4n) is 5.71. The van der Waals surface area contributed by atoms with E-state index in [1.807, 2.05) is 27.7 Å². The van der Waals surface area contributed by atoms with E-state index in [9.17, 15) is 0 Å². The number of allylic oxidation sites excluding steroid dienone is 2. The Bertz CT molecular complexity index is 676. The Labute approximate surface area is 291 Å². The molecule has 7 heteroatoms. The summed E-state index contributed by atoms with van der Waals surface area (Å²) in [7, 11) is 0. The molecule has 0 aliphatic carbocycles. The van der Waals surface area contributed by atoms with E-state index >= 15 is 0 Å². The first kappa shape index (κ1) is 45.6. The van der Waals surface area contributed by atoms with Crippen LogP contribution in [0, 0.1) is 0 Å². The molecule has 280 valence electrons. The molecule has 2 unspecified atom stereocenters. The molecule has 2 atom stereocenters. The summed E-state index contributed by atoms with van der Waals surface area (Å²) in [5.74, 6) is 3.54. The third-order valence-electron chi connectivity index (χ3n) is 8.23. The van der Waals surface area contributed by atoms with Gasteiger partial charge in [-0.15, -0.1) is 0 Å². The van der Waals surface area contributed by atoms with Crippen LogP contribution in [0.4, 0.5) is 0 Å². The number of ether oxygens (including phenoxy) is 7. The van der Waals surface area contributed by atoms with Crippen LogP contribution in [0.5, 0.6) is 0 Å². The standard InChI is InChI=1S/C40H78O7/c1-9-17-21-23-27-31-37(39(44-15-7)35(42-13-5)29-25-19-11-3)46-33-41-34-47-38(32-28-24-22-18-10-2)40(45-16-8)36(43-14-6)30-26-20-12-4/h37-38H,9-34H2,1-8H3. The first-order valence-corrected chi connectivity index (χ1v) is 19.9. The Morgan fingerprint density at radius 2 is 0.723 bits per heavy atom. The van der Waals surface area contributed by atoms with Gasteiger partial charge in [0.25, 0.3) is 0 Å². The molecule has 0 N–H and O–H groups in total. The van der Waals surface area contributed by atoms with Gasteiger partial charge in [0.2, 0.25) is 0 Å². The van der Waals surface area contributed by atoms with Crippen LogP contribution in [0.25, 0.3) is 0 Å². The third-order valence-corrected chi connectivity index (χ3v) is 8.23. The molecule has 47 heavy (non-hydrogen) atoms. The fraction of sp³-hybridized carbons (Fsp3) is 0.900. The molecule has 0 aliphatic heterocycles. The molecule has 0 heterocycles. The minimum absolute atomic E-state index is 0.121. The summed E-state index contributed by atoms with van der Waals surface area (Å²) in [4.78, 5) is 0. The van der Waals surface area contributed by atoms with E-state index in [1.54, 1.807) is 0 Å². The molecule has 0 aromatic carbocycles. The molecule has 0 saturated carbocycles. The molecule has 0 fully saturated rings. The van der Waals surface area contributed by atoms with Crippen molar-refractivity contribution in [2.75, 3.05) is 40.0 Å². The van der Waals surface area contributed by atoms with E-state index in [4.69, 9.17) is 33.2 Å². The predicted octanol–water partition coefficient (Wildman–Crippen LogP) is 12.1. The predicted molar refractivity (Wildman–Crippen MR) is 196 cm³/mol. The van der Waals surface area contributed by atoms with Crippen molar-refractivity contribution in [1.82, 2.24) is 0 Å². The van der Waals surface area contributed by atoms with Gasteiger partial charge >= 0.3 is 0 Å². The van der Waals surface area contributed by atoms with Crippen molar-refractivity contribution in [2.24, 2.45) is 0 Å². The van der Waals surface area contributed by atoms with Crippen LogP contribution in [0.3, 0.4) is 0 Å². The van der Waals surface area contributed by atoms with Gasteiger partial charge in [0.15, 0.2) is 25.1 Å². The zero-order valence-corrected chi connectivity index (χ0v) is 32.4. The highest BCUT2D eigenvalue weighted by Gasteiger charge is 2.24. The van der Waals surface area contributed by atoms with Gasteiger partial charge in [-0.2, -0.15) is 0 Å². The van der Waals surface area contributed by atoms with Gasteiger partial charge in [-0.05, 0) is 53.4 Å². The maximum absolute atomic E-state index is 6.43. The lowest BCUT2D eigenvalue weighted by atomic mass is 10.0. The zero-order valence-electron chi connectivity index (χ0n) is 32.4. The van der Waals surface area contributed by atoms with Gasteiger partial charge in [-0.25, -0.2) is 0 Å². The van der Waals surface area contributed by atoms with E-state index in [1.165, 1.54) is 77.0 Å². The van der Waals surface area contributed by atoms with Crippen LogP contribution < -0.4 is 0 Å². The van der Waals surface area contributed by atoms with Gasteiger partial charge < -0.3 is 33.2 Å².